The lowest BCUT2D eigenvalue weighted by Crippen LogP contribution is -2.41. The van der Waals surface area contributed by atoms with Crippen LogP contribution in [0.2, 0.25) is 0 Å². The van der Waals surface area contributed by atoms with Gasteiger partial charge in [0.2, 0.25) is 5.91 Å². The van der Waals surface area contributed by atoms with Crippen molar-refractivity contribution in [1.82, 2.24) is 24.6 Å². The van der Waals surface area contributed by atoms with E-state index in [0.29, 0.717) is 6.54 Å². The Balaban J connectivity index is 1.43. The summed E-state index contributed by atoms with van der Waals surface area (Å²) in [5.74, 6) is 0.0288. The fourth-order valence-electron chi connectivity index (χ4n) is 3.05. The topological polar surface area (TPSA) is 64.7 Å². The van der Waals surface area contributed by atoms with E-state index in [2.05, 4.69) is 15.4 Å². The van der Waals surface area contributed by atoms with Gasteiger partial charge in [0.1, 0.15) is 6.54 Å². The van der Waals surface area contributed by atoms with Crippen LogP contribution in [0.4, 0.5) is 0 Å². The molecule has 6 nitrogen and oxygen atoms in total. The summed E-state index contributed by atoms with van der Waals surface area (Å²) in [4.78, 5) is 16.6. The van der Waals surface area contributed by atoms with Crippen LogP contribution in [-0.2, 0) is 24.3 Å². The Morgan fingerprint density at radius 3 is 3.18 bits per heavy atom. The molecule has 112 valence electrons. The molecule has 1 aromatic carbocycles. The predicted molar refractivity (Wildman–Crippen MR) is 82.2 cm³/mol. The van der Waals surface area contributed by atoms with Crippen molar-refractivity contribution in [2.75, 3.05) is 0 Å². The largest absolute Gasteiger partial charge is 0.351 e. The van der Waals surface area contributed by atoms with E-state index in [4.69, 9.17) is 0 Å². The third kappa shape index (κ3) is 2.36. The molecule has 0 bridgehead atoms. The predicted octanol–water partition coefficient (Wildman–Crippen LogP) is 1.36. The van der Waals surface area contributed by atoms with Crippen LogP contribution in [0.5, 0.6) is 0 Å². The first-order chi connectivity index (χ1) is 10.8. The molecule has 3 aromatic rings. The van der Waals surface area contributed by atoms with Gasteiger partial charge in [-0.05, 0) is 24.6 Å². The Kier molecular flexibility index (Phi) is 3.14. The Morgan fingerprint density at radius 1 is 1.32 bits per heavy atom. The van der Waals surface area contributed by atoms with Crippen LogP contribution in [0.25, 0.3) is 11.0 Å². The zero-order valence-corrected chi connectivity index (χ0v) is 12.1. The molecule has 0 spiro atoms. The molecule has 1 aliphatic rings. The monoisotopic (exact) mass is 295 g/mol. The molecule has 1 N–H and O–H groups in total. The molecule has 0 radical (unpaired) electrons. The van der Waals surface area contributed by atoms with Gasteiger partial charge in [0, 0.05) is 30.9 Å². The van der Waals surface area contributed by atoms with E-state index in [9.17, 15) is 4.79 Å². The first kappa shape index (κ1) is 13.1. The SMILES string of the molecule is O=C(Cn1cnc2ccccc21)N[C@@H]1CCn2nccc2C1. The van der Waals surface area contributed by atoms with Crippen LogP contribution in [-0.4, -0.2) is 31.3 Å². The molecule has 2 aromatic heterocycles. The van der Waals surface area contributed by atoms with Crippen LogP contribution in [0.15, 0.2) is 42.9 Å². The number of carbonyl (C=O) groups is 1. The van der Waals surface area contributed by atoms with Gasteiger partial charge in [-0.15, -0.1) is 0 Å². The van der Waals surface area contributed by atoms with Crippen molar-refractivity contribution in [3.05, 3.63) is 48.5 Å². The first-order valence-electron chi connectivity index (χ1n) is 7.49. The van der Waals surface area contributed by atoms with Gasteiger partial charge in [-0.3, -0.25) is 9.48 Å². The number of para-hydroxylation sites is 2. The molecule has 0 saturated heterocycles. The van der Waals surface area contributed by atoms with Gasteiger partial charge in [0.25, 0.3) is 0 Å². The summed E-state index contributed by atoms with van der Waals surface area (Å²) in [5.41, 5.74) is 3.08. The molecule has 22 heavy (non-hydrogen) atoms. The third-order valence-electron chi connectivity index (χ3n) is 4.16. The van der Waals surface area contributed by atoms with E-state index >= 15 is 0 Å². The molecule has 6 heteroatoms. The molecular weight excluding hydrogens is 278 g/mol. The zero-order chi connectivity index (χ0) is 14.9. The molecule has 0 saturated carbocycles. The maximum Gasteiger partial charge on any atom is 0.240 e. The fourth-order valence-corrected chi connectivity index (χ4v) is 3.05. The summed E-state index contributed by atoms with van der Waals surface area (Å²) in [7, 11) is 0. The highest BCUT2D eigenvalue weighted by Crippen LogP contribution is 2.14. The van der Waals surface area contributed by atoms with Gasteiger partial charge in [0.15, 0.2) is 0 Å². The Morgan fingerprint density at radius 2 is 2.23 bits per heavy atom. The number of nitrogens with zero attached hydrogens (tertiary/aromatic N) is 4. The van der Waals surface area contributed by atoms with Crippen molar-refractivity contribution < 1.29 is 4.79 Å². The van der Waals surface area contributed by atoms with Gasteiger partial charge < -0.3 is 9.88 Å². The molecule has 0 unspecified atom stereocenters. The van der Waals surface area contributed by atoms with Crippen molar-refractivity contribution in [3.8, 4) is 0 Å². The lowest BCUT2D eigenvalue weighted by atomic mass is 10.0. The van der Waals surface area contributed by atoms with Crippen molar-refractivity contribution in [1.29, 1.82) is 0 Å². The van der Waals surface area contributed by atoms with Crippen LogP contribution in [0.3, 0.4) is 0 Å². The number of fused-ring (bicyclic) bond motifs is 2. The second-order valence-corrected chi connectivity index (χ2v) is 5.66. The second kappa shape index (κ2) is 5.29. The van der Waals surface area contributed by atoms with Crippen molar-refractivity contribution >= 4 is 16.9 Å². The highest BCUT2D eigenvalue weighted by molar-refractivity contribution is 5.80. The lowest BCUT2D eigenvalue weighted by molar-refractivity contribution is -0.122. The molecule has 1 aliphatic heterocycles. The number of amides is 1. The number of imidazole rings is 1. The summed E-state index contributed by atoms with van der Waals surface area (Å²) in [6, 6.07) is 10.0. The maximum atomic E-state index is 12.3. The van der Waals surface area contributed by atoms with Gasteiger partial charge in [0.05, 0.1) is 17.4 Å². The van der Waals surface area contributed by atoms with E-state index < -0.39 is 0 Å². The first-order valence-corrected chi connectivity index (χ1v) is 7.49. The highest BCUT2D eigenvalue weighted by atomic mass is 16.2. The minimum atomic E-state index is 0.0288. The smallest absolute Gasteiger partial charge is 0.240 e. The quantitative estimate of drug-likeness (QED) is 0.793. The molecule has 1 atom stereocenters. The standard InChI is InChI=1S/C16H17N5O/c22-16(10-20-11-17-14-3-1-2-4-15(14)20)19-12-6-8-21-13(9-12)5-7-18-21/h1-5,7,11-12H,6,8-10H2,(H,19,22)/t12-/m1/s1. The molecule has 0 fully saturated rings. The van der Waals surface area contributed by atoms with Crippen LogP contribution < -0.4 is 5.32 Å². The minimum Gasteiger partial charge on any atom is -0.351 e. The van der Waals surface area contributed by atoms with Crippen molar-refractivity contribution in [2.45, 2.75) is 32.0 Å². The molecule has 0 aliphatic carbocycles. The average molecular weight is 295 g/mol. The van der Waals surface area contributed by atoms with Crippen LogP contribution in [0.1, 0.15) is 12.1 Å². The van der Waals surface area contributed by atoms with E-state index in [1.165, 1.54) is 5.69 Å². The molecule has 1 amide bonds. The van der Waals surface area contributed by atoms with Crippen LogP contribution in [0, 0.1) is 0 Å². The molecule has 4 rings (SSSR count). The zero-order valence-electron chi connectivity index (χ0n) is 12.1. The van der Waals surface area contributed by atoms with Crippen molar-refractivity contribution in [3.63, 3.8) is 0 Å². The average Bonchev–Trinajstić information content (AvgIpc) is 3.14. The molecule has 3 heterocycles. The normalized spacial score (nSPS) is 17.4. The lowest BCUT2D eigenvalue weighted by Gasteiger charge is -2.24. The van der Waals surface area contributed by atoms with Gasteiger partial charge in [-0.2, -0.15) is 5.10 Å². The summed E-state index contributed by atoms with van der Waals surface area (Å²) in [5, 5.41) is 7.38. The van der Waals surface area contributed by atoms with E-state index in [-0.39, 0.29) is 11.9 Å². The number of aryl methyl sites for hydroxylation is 1. The van der Waals surface area contributed by atoms with Gasteiger partial charge >= 0.3 is 0 Å². The van der Waals surface area contributed by atoms with Gasteiger partial charge in [-0.25, -0.2) is 4.98 Å². The minimum absolute atomic E-state index is 0.0288. The number of hydrogen-bond donors (Lipinski definition) is 1. The Hall–Kier alpha value is -2.63. The summed E-state index contributed by atoms with van der Waals surface area (Å²) >= 11 is 0. The highest BCUT2D eigenvalue weighted by Gasteiger charge is 2.20. The maximum absolute atomic E-state index is 12.3. The third-order valence-corrected chi connectivity index (χ3v) is 4.16. The van der Waals surface area contributed by atoms with E-state index in [1.807, 2.05) is 45.8 Å². The van der Waals surface area contributed by atoms with E-state index in [1.54, 1.807) is 6.33 Å². The Labute approximate surface area is 127 Å². The number of carbonyl (C=O) groups excluding carboxylic acids is 1. The number of aromatic nitrogens is 4. The number of nitrogens with one attached hydrogen (secondary N) is 1. The van der Waals surface area contributed by atoms with Gasteiger partial charge in [-0.1, -0.05) is 12.1 Å². The number of rotatable bonds is 3. The van der Waals surface area contributed by atoms with E-state index in [0.717, 1.165) is 30.4 Å². The van der Waals surface area contributed by atoms with Crippen molar-refractivity contribution in [2.24, 2.45) is 0 Å². The number of benzene rings is 1. The summed E-state index contributed by atoms with van der Waals surface area (Å²) in [6.07, 6.45) is 5.30. The summed E-state index contributed by atoms with van der Waals surface area (Å²) < 4.78 is 3.89. The number of hydrogen-bond acceptors (Lipinski definition) is 3. The molecular formula is C16H17N5O. The summed E-state index contributed by atoms with van der Waals surface area (Å²) in [6.45, 7) is 1.16. The van der Waals surface area contributed by atoms with Crippen LogP contribution >= 0.6 is 0 Å². The fraction of sp³-hybridized carbons (Fsp3) is 0.312. The Bertz CT molecular complexity index is 819. The second-order valence-electron chi connectivity index (χ2n) is 5.66.